The van der Waals surface area contributed by atoms with E-state index < -0.39 is 21.4 Å². The van der Waals surface area contributed by atoms with Crippen molar-refractivity contribution in [2.24, 2.45) is 7.05 Å². The number of aryl methyl sites for hydroxylation is 1. The number of carbonyl (C=O) groups excluding carboxylic acids is 1. The molecular formula is C19H20N4O4S. The van der Waals surface area contributed by atoms with Gasteiger partial charge in [0, 0.05) is 51.7 Å². The Kier molecular flexibility index (Phi) is 5.30. The number of hydrogen-bond acceptors (Lipinski definition) is 5. The molecule has 3 rings (SSSR count). The van der Waals surface area contributed by atoms with Crippen LogP contribution < -0.4 is 10.7 Å². The molecule has 0 unspecified atom stereocenters. The predicted molar refractivity (Wildman–Crippen MR) is 105 cm³/mol. The van der Waals surface area contributed by atoms with Crippen LogP contribution in [0.2, 0.25) is 0 Å². The molecule has 0 aliphatic heterocycles. The van der Waals surface area contributed by atoms with E-state index >= 15 is 0 Å². The van der Waals surface area contributed by atoms with Gasteiger partial charge in [-0.25, -0.2) is 12.7 Å². The number of pyridine rings is 2. The largest absolute Gasteiger partial charge is 0.350 e. The lowest BCUT2D eigenvalue weighted by Crippen LogP contribution is -2.29. The lowest BCUT2D eigenvalue weighted by atomic mass is 10.1. The molecule has 0 saturated carbocycles. The van der Waals surface area contributed by atoms with Crippen LogP contribution >= 0.6 is 0 Å². The monoisotopic (exact) mass is 400 g/mol. The molecule has 28 heavy (non-hydrogen) atoms. The maximum absolute atomic E-state index is 12.9. The molecule has 1 N–H and O–H groups in total. The Labute approximate surface area is 162 Å². The highest BCUT2D eigenvalue weighted by molar-refractivity contribution is 7.89. The van der Waals surface area contributed by atoms with Crippen LogP contribution in [-0.2, 0) is 23.6 Å². The van der Waals surface area contributed by atoms with Crippen molar-refractivity contribution in [2.75, 3.05) is 14.1 Å². The molecule has 3 aromatic rings. The van der Waals surface area contributed by atoms with E-state index in [9.17, 15) is 18.0 Å². The van der Waals surface area contributed by atoms with Gasteiger partial charge < -0.3 is 9.88 Å². The van der Waals surface area contributed by atoms with Gasteiger partial charge in [-0.15, -0.1) is 0 Å². The summed E-state index contributed by atoms with van der Waals surface area (Å²) in [5.74, 6) is -0.535. The Balaban J connectivity index is 2.03. The van der Waals surface area contributed by atoms with Crippen molar-refractivity contribution < 1.29 is 13.2 Å². The molecule has 0 radical (unpaired) electrons. The van der Waals surface area contributed by atoms with E-state index in [1.165, 1.54) is 32.4 Å². The molecule has 2 heterocycles. The molecular weight excluding hydrogens is 380 g/mol. The quantitative estimate of drug-likeness (QED) is 0.691. The SMILES string of the molecule is CN(C)S(=O)(=O)c1ccc2c(c1)c(=O)c(C(=O)NCc1cccnc1)cn2C. The Morgan fingerprint density at radius 1 is 1.25 bits per heavy atom. The van der Waals surface area contributed by atoms with Gasteiger partial charge in [0.15, 0.2) is 0 Å². The summed E-state index contributed by atoms with van der Waals surface area (Å²) in [5, 5.41) is 2.86. The Hall–Kier alpha value is -3.04. The molecule has 9 heteroatoms. The summed E-state index contributed by atoms with van der Waals surface area (Å²) in [6.07, 6.45) is 4.70. The molecule has 146 valence electrons. The zero-order chi connectivity index (χ0) is 20.5. The van der Waals surface area contributed by atoms with Crippen LogP contribution in [0, 0.1) is 0 Å². The van der Waals surface area contributed by atoms with Crippen LogP contribution in [0.25, 0.3) is 10.9 Å². The highest BCUT2D eigenvalue weighted by atomic mass is 32.2. The molecule has 0 bridgehead atoms. The maximum Gasteiger partial charge on any atom is 0.257 e. The fourth-order valence-corrected chi connectivity index (χ4v) is 3.71. The van der Waals surface area contributed by atoms with Crippen LogP contribution in [-0.4, -0.2) is 42.3 Å². The lowest BCUT2D eigenvalue weighted by molar-refractivity contribution is 0.0949. The van der Waals surface area contributed by atoms with E-state index in [1.54, 1.807) is 36.1 Å². The Bertz CT molecular complexity index is 1200. The minimum Gasteiger partial charge on any atom is -0.350 e. The summed E-state index contributed by atoms with van der Waals surface area (Å²) < 4.78 is 27.5. The van der Waals surface area contributed by atoms with Crippen molar-refractivity contribution in [1.82, 2.24) is 19.2 Å². The zero-order valence-electron chi connectivity index (χ0n) is 15.7. The summed E-state index contributed by atoms with van der Waals surface area (Å²) in [4.78, 5) is 29.4. The van der Waals surface area contributed by atoms with Crippen LogP contribution in [0.1, 0.15) is 15.9 Å². The first-order valence-electron chi connectivity index (χ1n) is 8.45. The fraction of sp³-hybridized carbons (Fsp3) is 0.211. The molecule has 0 fully saturated rings. The van der Waals surface area contributed by atoms with Gasteiger partial charge >= 0.3 is 0 Å². The summed E-state index contributed by atoms with van der Waals surface area (Å²) in [6, 6.07) is 7.88. The molecule has 2 aromatic heterocycles. The summed E-state index contributed by atoms with van der Waals surface area (Å²) in [5.41, 5.74) is 0.755. The minimum absolute atomic E-state index is 0.00461. The highest BCUT2D eigenvalue weighted by Crippen LogP contribution is 2.19. The Morgan fingerprint density at radius 3 is 2.64 bits per heavy atom. The highest BCUT2D eigenvalue weighted by Gasteiger charge is 2.20. The van der Waals surface area contributed by atoms with E-state index in [0.29, 0.717) is 5.52 Å². The molecule has 0 saturated heterocycles. The molecule has 8 nitrogen and oxygen atoms in total. The van der Waals surface area contributed by atoms with E-state index in [4.69, 9.17) is 0 Å². The third-order valence-corrected chi connectivity index (χ3v) is 6.17. The van der Waals surface area contributed by atoms with E-state index in [2.05, 4.69) is 10.3 Å². The summed E-state index contributed by atoms with van der Waals surface area (Å²) in [7, 11) is 0.828. The van der Waals surface area contributed by atoms with Crippen LogP contribution in [0.15, 0.2) is 58.6 Å². The van der Waals surface area contributed by atoms with Crippen LogP contribution in [0.4, 0.5) is 0 Å². The molecule has 1 amide bonds. The lowest BCUT2D eigenvalue weighted by Gasteiger charge is -2.14. The first-order valence-corrected chi connectivity index (χ1v) is 9.89. The molecule has 0 aliphatic rings. The van der Waals surface area contributed by atoms with Crippen molar-refractivity contribution >= 4 is 26.8 Å². The molecule has 0 atom stereocenters. The summed E-state index contributed by atoms with van der Waals surface area (Å²) in [6.45, 7) is 0.225. The number of benzene rings is 1. The van der Waals surface area contributed by atoms with Gasteiger partial charge in [0.05, 0.1) is 10.4 Å². The van der Waals surface area contributed by atoms with Crippen molar-refractivity contribution in [2.45, 2.75) is 11.4 Å². The molecule has 0 spiro atoms. The number of sulfonamides is 1. The number of amides is 1. The Morgan fingerprint density at radius 2 is 2.00 bits per heavy atom. The number of carbonyl (C=O) groups is 1. The third-order valence-electron chi connectivity index (χ3n) is 4.36. The second-order valence-electron chi connectivity index (χ2n) is 6.49. The summed E-state index contributed by atoms with van der Waals surface area (Å²) >= 11 is 0. The van der Waals surface area contributed by atoms with Crippen molar-refractivity contribution in [3.05, 3.63) is 70.3 Å². The van der Waals surface area contributed by atoms with Crippen molar-refractivity contribution in [3.63, 3.8) is 0 Å². The van der Waals surface area contributed by atoms with Gasteiger partial charge in [0.2, 0.25) is 15.5 Å². The normalized spacial score (nSPS) is 11.7. The van der Waals surface area contributed by atoms with Crippen molar-refractivity contribution in [3.8, 4) is 0 Å². The number of aromatic nitrogens is 2. The third kappa shape index (κ3) is 3.67. The minimum atomic E-state index is -3.70. The second kappa shape index (κ2) is 7.53. The number of fused-ring (bicyclic) bond motifs is 1. The van der Waals surface area contributed by atoms with E-state index in [-0.39, 0.29) is 22.4 Å². The van der Waals surface area contributed by atoms with Gasteiger partial charge in [0.25, 0.3) is 5.91 Å². The first-order chi connectivity index (χ1) is 13.2. The van der Waals surface area contributed by atoms with Crippen molar-refractivity contribution in [1.29, 1.82) is 0 Å². The number of nitrogens with one attached hydrogen (secondary N) is 1. The smallest absolute Gasteiger partial charge is 0.257 e. The standard InChI is InChI=1S/C19H20N4O4S/c1-22(2)28(26,27)14-6-7-17-15(9-14)18(24)16(12-23(17)3)19(25)21-11-13-5-4-8-20-10-13/h4-10,12H,11H2,1-3H3,(H,21,25). The average molecular weight is 400 g/mol. The van der Waals surface area contributed by atoms with Gasteiger partial charge in [0.1, 0.15) is 5.56 Å². The predicted octanol–water partition coefficient (Wildman–Crippen LogP) is 1.11. The average Bonchev–Trinajstić information content (AvgIpc) is 2.69. The zero-order valence-corrected chi connectivity index (χ0v) is 16.5. The second-order valence-corrected chi connectivity index (χ2v) is 8.64. The first kappa shape index (κ1) is 19.7. The maximum atomic E-state index is 12.9. The van der Waals surface area contributed by atoms with Gasteiger partial charge in [-0.3, -0.25) is 14.6 Å². The van der Waals surface area contributed by atoms with Gasteiger partial charge in [-0.1, -0.05) is 6.07 Å². The van der Waals surface area contributed by atoms with E-state index in [0.717, 1.165) is 9.87 Å². The fourth-order valence-electron chi connectivity index (χ4n) is 2.78. The number of hydrogen-bond donors (Lipinski definition) is 1. The number of rotatable bonds is 5. The van der Waals surface area contributed by atoms with Gasteiger partial charge in [-0.2, -0.15) is 0 Å². The van der Waals surface area contributed by atoms with Crippen LogP contribution in [0.3, 0.4) is 0 Å². The van der Waals surface area contributed by atoms with E-state index in [1.807, 2.05) is 6.07 Å². The topological polar surface area (TPSA) is 101 Å². The van der Waals surface area contributed by atoms with Crippen LogP contribution in [0.5, 0.6) is 0 Å². The molecule has 1 aromatic carbocycles. The number of nitrogens with zero attached hydrogens (tertiary/aromatic N) is 3. The van der Waals surface area contributed by atoms with Gasteiger partial charge in [-0.05, 0) is 29.8 Å². The molecule has 0 aliphatic carbocycles.